The van der Waals surface area contributed by atoms with Gasteiger partial charge in [0, 0.05) is 10.6 Å². The molecule has 3 aromatic carbocycles. The highest BCUT2D eigenvalue weighted by Gasteiger charge is 2.17. The summed E-state index contributed by atoms with van der Waals surface area (Å²) in [5, 5.41) is 3.19. The summed E-state index contributed by atoms with van der Waals surface area (Å²) in [5.74, 6) is 0.843. The monoisotopic (exact) mass is 387 g/mol. The summed E-state index contributed by atoms with van der Waals surface area (Å²) in [6.45, 7) is 2.06. The molecule has 4 rings (SSSR count). The van der Waals surface area contributed by atoms with E-state index in [9.17, 15) is 4.79 Å². The van der Waals surface area contributed by atoms with E-state index >= 15 is 0 Å². The number of carbonyl (C=O) groups excluding carboxylic acids is 1. The molecule has 1 N–H and O–H groups in total. The average Bonchev–Trinajstić information content (AvgIpc) is 3.21. The van der Waals surface area contributed by atoms with Crippen LogP contribution in [0.1, 0.15) is 52.0 Å². The minimum absolute atomic E-state index is 0.00872. The van der Waals surface area contributed by atoms with Gasteiger partial charge in [0.2, 0.25) is 0 Å². The Hall–Kier alpha value is -2.52. The second-order valence-corrected chi connectivity index (χ2v) is 8.36. The Kier molecular flexibility index (Phi) is 5.82. The number of aryl methyl sites for hydroxylation is 2. The molecule has 0 aliphatic heterocycles. The van der Waals surface area contributed by atoms with Crippen LogP contribution in [-0.2, 0) is 18.6 Å². The Bertz CT molecular complexity index is 967. The second kappa shape index (κ2) is 8.66. The predicted octanol–water partition coefficient (Wildman–Crippen LogP) is 5.96. The number of thioether (sulfide) groups is 1. The van der Waals surface area contributed by atoms with Gasteiger partial charge in [0.15, 0.2) is 0 Å². The lowest BCUT2D eigenvalue weighted by atomic mass is 10.0. The van der Waals surface area contributed by atoms with Crippen LogP contribution < -0.4 is 5.32 Å². The van der Waals surface area contributed by atoms with E-state index in [0.717, 1.165) is 22.6 Å². The quantitative estimate of drug-likeness (QED) is 0.529. The molecule has 142 valence electrons. The minimum Gasteiger partial charge on any atom is -0.345 e. The summed E-state index contributed by atoms with van der Waals surface area (Å²) in [4.78, 5) is 14.0. The van der Waals surface area contributed by atoms with Gasteiger partial charge >= 0.3 is 0 Å². The number of carbonyl (C=O) groups is 1. The first kappa shape index (κ1) is 18.8. The third-order valence-corrected chi connectivity index (χ3v) is 6.48. The molecule has 28 heavy (non-hydrogen) atoms. The summed E-state index contributed by atoms with van der Waals surface area (Å²) in [6.07, 6.45) is 3.58. The number of hydrogen-bond donors (Lipinski definition) is 1. The molecule has 0 aromatic heterocycles. The largest absolute Gasteiger partial charge is 0.345 e. The van der Waals surface area contributed by atoms with Gasteiger partial charge < -0.3 is 5.32 Å². The first-order valence-corrected chi connectivity index (χ1v) is 10.9. The number of fused-ring (bicyclic) bond motifs is 1. The topological polar surface area (TPSA) is 29.1 Å². The molecule has 3 heteroatoms. The van der Waals surface area contributed by atoms with Gasteiger partial charge in [0.05, 0.1) is 11.6 Å². The maximum atomic E-state index is 13.0. The Labute approximate surface area is 171 Å². The van der Waals surface area contributed by atoms with Crippen molar-refractivity contribution in [2.75, 3.05) is 0 Å². The first-order chi connectivity index (χ1) is 13.7. The average molecular weight is 388 g/mol. The lowest BCUT2D eigenvalue weighted by Gasteiger charge is -2.17. The maximum absolute atomic E-state index is 13.0. The molecule has 0 fully saturated rings. The molecular formula is C25H25NOS. The van der Waals surface area contributed by atoms with Gasteiger partial charge in [0.1, 0.15) is 0 Å². The van der Waals surface area contributed by atoms with E-state index in [1.54, 1.807) is 11.8 Å². The Morgan fingerprint density at radius 3 is 2.57 bits per heavy atom. The molecule has 1 amide bonds. The number of benzene rings is 3. The Balaban J connectivity index is 1.46. The lowest BCUT2D eigenvalue weighted by molar-refractivity contribution is 0.0937. The van der Waals surface area contributed by atoms with Crippen molar-refractivity contribution >= 4 is 17.7 Å². The molecular weight excluding hydrogens is 362 g/mol. The summed E-state index contributed by atoms with van der Waals surface area (Å²) in [7, 11) is 0. The molecule has 0 saturated carbocycles. The van der Waals surface area contributed by atoms with Crippen molar-refractivity contribution in [3.8, 4) is 0 Å². The highest BCUT2D eigenvalue weighted by molar-refractivity contribution is 7.98. The predicted molar refractivity (Wildman–Crippen MR) is 117 cm³/mol. The van der Waals surface area contributed by atoms with Crippen LogP contribution in [0, 0.1) is 0 Å². The molecule has 1 aliphatic rings. The van der Waals surface area contributed by atoms with E-state index in [4.69, 9.17) is 0 Å². The zero-order chi connectivity index (χ0) is 19.3. The standard InChI is InChI=1S/C25H25NOS/c1-18(21-15-14-20-10-7-11-22(20)16-21)26-25(27)23-12-5-6-13-24(23)28-17-19-8-3-2-4-9-19/h2-6,8-9,12-16,18H,7,10-11,17H2,1H3,(H,26,27)/t18-/m0/s1. The van der Waals surface area contributed by atoms with Crippen LogP contribution in [-0.4, -0.2) is 5.91 Å². The fourth-order valence-electron chi connectivity index (χ4n) is 3.73. The molecule has 0 unspecified atom stereocenters. The summed E-state index contributed by atoms with van der Waals surface area (Å²) >= 11 is 1.71. The number of amides is 1. The molecule has 2 nitrogen and oxygen atoms in total. The fourth-order valence-corrected chi connectivity index (χ4v) is 4.74. The van der Waals surface area contributed by atoms with Crippen LogP contribution in [0.15, 0.2) is 77.7 Å². The third-order valence-electron chi connectivity index (χ3n) is 5.34. The maximum Gasteiger partial charge on any atom is 0.252 e. The normalized spacial score (nSPS) is 13.8. The van der Waals surface area contributed by atoms with E-state index in [2.05, 4.69) is 42.6 Å². The SMILES string of the molecule is C[C@H](NC(=O)c1ccccc1SCc1ccccc1)c1ccc2c(c1)CCC2. The number of hydrogen-bond acceptors (Lipinski definition) is 2. The van der Waals surface area contributed by atoms with Gasteiger partial charge in [-0.25, -0.2) is 0 Å². The zero-order valence-corrected chi connectivity index (χ0v) is 17.0. The second-order valence-electron chi connectivity index (χ2n) is 7.35. The van der Waals surface area contributed by atoms with Crippen molar-refractivity contribution in [3.63, 3.8) is 0 Å². The van der Waals surface area contributed by atoms with Gasteiger partial charge in [-0.2, -0.15) is 0 Å². The molecule has 0 radical (unpaired) electrons. The number of rotatable bonds is 6. The summed E-state index contributed by atoms with van der Waals surface area (Å²) in [6, 6.07) is 24.9. The van der Waals surface area contributed by atoms with Crippen LogP contribution in [0.5, 0.6) is 0 Å². The highest BCUT2D eigenvalue weighted by Crippen LogP contribution is 2.28. The molecule has 0 saturated heterocycles. The van der Waals surface area contributed by atoms with Crippen molar-refractivity contribution in [1.82, 2.24) is 5.32 Å². The highest BCUT2D eigenvalue weighted by atomic mass is 32.2. The molecule has 0 spiro atoms. The third kappa shape index (κ3) is 4.31. The molecule has 0 heterocycles. The van der Waals surface area contributed by atoms with Gasteiger partial charge in [-0.15, -0.1) is 11.8 Å². The molecule has 1 aliphatic carbocycles. The minimum atomic E-state index is -0.0100. The van der Waals surface area contributed by atoms with Gasteiger partial charge in [0.25, 0.3) is 5.91 Å². The molecule has 0 bridgehead atoms. The summed E-state index contributed by atoms with van der Waals surface area (Å²) in [5.41, 5.74) is 6.09. The summed E-state index contributed by atoms with van der Waals surface area (Å²) < 4.78 is 0. The fraction of sp³-hybridized carbons (Fsp3) is 0.240. The van der Waals surface area contributed by atoms with Gasteiger partial charge in [-0.1, -0.05) is 60.7 Å². The lowest BCUT2D eigenvalue weighted by Crippen LogP contribution is -2.27. The number of nitrogens with one attached hydrogen (secondary N) is 1. The van der Waals surface area contributed by atoms with Crippen LogP contribution in [0.3, 0.4) is 0 Å². The van der Waals surface area contributed by atoms with Crippen LogP contribution >= 0.6 is 11.8 Å². The van der Waals surface area contributed by atoms with E-state index in [-0.39, 0.29) is 11.9 Å². The van der Waals surface area contributed by atoms with Crippen molar-refractivity contribution in [2.45, 2.75) is 42.9 Å². The Morgan fingerprint density at radius 2 is 1.71 bits per heavy atom. The molecule has 3 aromatic rings. The first-order valence-electron chi connectivity index (χ1n) is 9.89. The van der Waals surface area contributed by atoms with Crippen molar-refractivity contribution in [1.29, 1.82) is 0 Å². The van der Waals surface area contributed by atoms with E-state index in [1.165, 1.54) is 35.1 Å². The van der Waals surface area contributed by atoms with Crippen molar-refractivity contribution in [2.24, 2.45) is 0 Å². The van der Waals surface area contributed by atoms with E-state index in [0.29, 0.717) is 0 Å². The van der Waals surface area contributed by atoms with Crippen LogP contribution in [0.2, 0.25) is 0 Å². The van der Waals surface area contributed by atoms with E-state index in [1.807, 2.05) is 42.5 Å². The van der Waals surface area contributed by atoms with Crippen LogP contribution in [0.25, 0.3) is 0 Å². The van der Waals surface area contributed by atoms with E-state index < -0.39 is 0 Å². The van der Waals surface area contributed by atoms with Gasteiger partial charge in [-0.05, 0) is 60.6 Å². The molecule has 1 atom stereocenters. The van der Waals surface area contributed by atoms with Crippen molar-refractivity contribution in [3.05, 3.63) is 101 Å². The Morgan fingerprint density at radius 1 is 0.964 bits per heavy atom. The van der Waals surface area contributed by atoms with Gasteiger partial charge in [-0.3, -0.25) is 4.79 Å². The van der Waals surface area contributed by atoms with Crippen LogP contribution in [0.4, 0.5) is 0 Å². The van der Waals surface area contributed by atoms with Crippen molar-refractivity contribution < 1.29 is 4.79 Å². The smallest absolute Gasteiger partial charge is 0.252 e. The zero-order valence-electron chi connectivity index (χ0n) is 16.2.